The lowest BCUT2D eigenvalue weighted by molar-refractivity contribution is -0.114. The minimum atomic E-state index is -0.443. The average molecular weight is 444 g/mol. The van der Waals surface area contributed by atoms with Gasteiger partial charge in [0.05, 0.1) is 11.8 Å². The maximum absolute atomic E-state index is 12.8. The molecule has 0 aliphatic carbocycles. The third-order valence-electron chi connectivity index (χ3n) is 5.56. The van der Waals surface area contributed by atoms with E-state index in [9.17, 15) is 4.79 Å². The van der Waals surface area contributed by atoms with E-state index in [0.29, 0.717) is 16.0 Å². The molecule has 5 rings (SSSR count). The smallest absolute Gasteiger partial charge is 0.283 e. The standard InChI is InChI=1S/C24H21N5O2S/c1-4-16-7-9-18(10-8-16)28-14(2)12-17(15(28)3)13-19-21(25)29-24(26-22(19)30)32-23(27-29)20-6-5-11-31-20/h5-13,25H,4H2,1-3H3/b19-13-,25-21?. The molecular weight excluding hydrogens is 422 g/mol. The molecule has 2 aromatic heterocycles. The molecule has 0 fully saturated rings. The summed E-state index contributed by atoms with van der Waals surface area (Å²) in [7, 11) is 0. The number of aromatic nitrogens is 1. The van der Waals surface area contributed by atoms with Gasteiger partial charge in [-0.15, -0.1) is 0 Å². The first-order valence-corrected chi connectivity index (χ1v) is 11.1. The van der Waals surface area contributed by atoms with Gasteiger partial charge in [-0.25, -0.2) is 0 Å². The van der Waals surface area contributed by atoms with E-state index < -0.39 is 5.91 Å². The molecule has 32 heavy (non-hydrogen) atoms. The maximum atomic E-state index is 12.8. The Bertz CT molecular complexity index is 1330. The van der Waals surface area contributed by atoms with Crippen LogP contribution in [0.2, 0.25) is 0 Å². The predicted molar refractivity (Wildman–Crippen MR) is 127 cm³/mol. The van der Waals surface area contributed by atoms with Crippen molar-refractivity contribution in [3.8, 4) is 5.69 Å². The van der Waals surface area contributed by atoms with E-state index in [-0.39, 0.29) is 11.4 Å². The zero-order valence-corrected chi connectivity index (χ0v) is 18.7. The number of thioether (sulfide) groups is 1. The van der Waals surface area contributed by atoms with E-state index >= 15 is 0 Å². The molecule has 8 heteroatoms. The highest BCUT2D eigenvalue weighted by Crippen LogP contribution is 2.32. The lowest BCUT2D eigenvalue weighted by atomic mass is 10.1. The molecule has 2 aliphatic rings. The SMILES string of the molecule is CCc1ccc(-n2c(C)cc(/C=C3/C(=N)N4N=C(c5ccco5)SC4=NC3=O)c2C)cc1. The molecule has 0 bridgehead atoms. The van der Waals surface area contributed by atoms with Gasteiger partial charge < -0.3 is 8.98 Å². The lowest BCUT2D eigenvalue weighted by Crippen LogP contribution is -2.35. The van der Waals surface area contributed by atoms with Crippen LogP contribution in [0, 0.1) is 19.3 Å². The molecule has 4 heterocycles. The Hall–Kier alpha value is -3.65. The van der Waals surface area contributed by atoms with Crippen LogP contribution in [-0.2, 0) is 11.2 Å². The highest BCUT2D eigenvalue weighted by Gasteiger charge is 2.36. The fraction of sp³-hybridized carbons (Fsp3) is 0.167. The Labute approximate surface area is 189 Å². The molecule has 0 saturated heterocycles. The molecule has 3 aromatic rings. The molecule has 1 amide bonds. The van der Waals surface area contributed by atoms with Crippen LogP contribution in [0.1, 0.15) is 35.2 Å². The summed E-state index contributed by atoms with van der Waals surface area (Å²) in [5.41, 5.74) is 5.47. The van der Waals surface area contributed by atoms with E-state index in [1.54, 1.807) is 24.5 Å². The van der Waals surface area contributed by atoms with Gasteiger partial charge in [0.2, 0.25) is 5.17 Å². The van der Waals surface area contributed by atoms with Gasteiger partial charge in [-0.3, -0.25) is 10.2 Å². The molecule has 0 radical (unpaired) electrons. The number of carbonyl (C=O) groups is 1. The number of hydrogen-bond donors (Lipinski definition) is 1. The maximum Gasteiger partial charge on any atom is 0.283 e. The topological polar surface area (TPSA) is 86.9 Å². The van der Waals surface area contributed by atoms with Gasteiger partial charge in [-0.1, -0.05) is 19.1 Å². The fourth-order valence-electron chi connectivity index (χ4n) is 3.86. The van der Waals surface area contributed by atoms with Crippen molar-refractivity contribution in [2.24, 2.45) is 10.1 Å². The summed E-state index contributed by atoms with van der Waals surface area (Å²) in [6.07, 6.45) is 4.28. The second kappa shape index (κ2) is 7.80. The van der Waals surface area contributed by atoms with Gasteiger partial charge in [-0.05, 0) is 79.6 Å². The van der Waals surface area contributed by atoms with Gasteiger partial charge in [0.15, 0.2) is 16.6 Å². The van der Waals surface area contributed by atoms with E-state index in [4.69, 9.17) is 9.83 Å². The van der Waals surface area contributed by atoms with E-state index in [2.05, 4.69) is 45.9 Å². The highest BCUT2D eigenvalue weighted by atomic mass is 32.2. The Morgan fingerprint density at radius 1 is 1.19 bits per heavy atom. The molecule has 0 atom stereocenters. The van der Waals surface area contributed by atoms with Crippen molar-refractivity contribution in [1.29, 1.82) is 5.41 Å². The molecular formula is C24H21N5O2S. The average Bonchev–Trinajstić information content (AvgIpc) is 3.51. The van der Waals surface area contributed by atoms with Crippen LogP contribution in [0.25, 0.3) is 11.8 Å². The number of furan rings is 1. The van der Waals surface area contributed by atoms with Crippen LogP contribution in [0.3, 0.4) is 0 Å². The van der Waals surface area contributed by atoms with E-state index in [0.717, 1.165) is 29.1 Å². The first-order valence-electron chi connectivity index (χ1n) is 10.3. The number of benzene rings is 1. The number of aryl methyl sites for hydroxylation is 2. The molecule has 7 nitrogen and oxygen atoms in total. The van der Waals surface area contributed by atoms with Crippen LogP contribution in [0.5, 0.6) is 0 Å². The molecule has 160 valence electrons. The number of nitrogens with one attached hydrogen (secondary N) is 1. The van der Waals surface area contributed by atoms with Crippen LogP contribution in [0.15, 0.2) is 68.8 Å². The van der Waals surface area contributed by atoms with Crippen molar-refractivity contribution in [1.82, 2.24) is 9.58 Å². The summed E-state index contributed by atoms with van der Waals surface area (Å²) in [5, 5.41) is 15.4. The van der Waals surface area contributed by atoms with Gasteiger partial charge >= 0.3 is 0 Å². The van der Waals surface area contributed by atoms with Crippen molar-refractivity contribution < 1.29 is 9.21 Å². The van der Waals surface area contributed by atoms with Crippen LogP contribution >= 0.6 is 11.8 Å². The summed E-state index contributed by atoms with van der Waals surface area (Å²) in [6, 6.07) is 14.0. The molecule has 2 aliphatic heterocycles. The third kappa shape index (κ3) is 3.33. The third-order valence-corrected chi connectivity index (χ3v) is 6.48. The monoisotopic (exact) mass is 443 g/mol. The number of carbonyl (C=O) groups excluding carboxylic acids is 1. The minimum Gasteiger partial charge on any atom is -0.462 e. The highest BCUT2D eigenvalue weighted by molar-refractivity contribution is 8.27. The van der Waals surface area contributed by atoms with Gasteiger partial charge in [0.25, 0.3) is 5.91 Å². The van der Waals surface area contributed by atoms with Gasteiger partial charge in [0.1, 0.15) is 0 Å². The van der Waals surface area contributed by atoms with E-state index in [1.165, 1.54) is 22.3 Å². The second-order valence-corrected chi connectivity index (χ2v) is 8.54. The summed E-state index contributed by atoms with van der Waals surface area (Å²) < 4.78 is 7.54. The summed E-state index contributed by atoms with van der Waals surface area (Å²) in [6.45, 7) is 6.18. The second-order valence-electron chi connectivity index (χ2n) is 7.58. The molecule has 0 saturated carbocycles. The number of fused-ring (bicyclic) bond motifs is 1. The van der Waals surface area contributed by atoms with Crippen LogP contribution < -0.4 is 0 Å². The van der Waals surface area contributed by atoms with E-state index in [1.807, 2.05) is 19.9 Å². The van der Waals surface area contributed by atoms with Crippen molar-refractivity contribution in [2.75, 3.05) is 0 Å². The normalized spacial score (nSPS) is 17.1. The fourth-order valence-corrected chi connectivity index (χ4v) is 4.72. The summed E-state index contributed by atoms with van der Waals surface area (Å²) in [4.78, 5) is 16.9. The van der Waals surface area contributed by atoms with Crippen LogP contribution in [0.4, 0.5) is 0 Å². The Balaban J connectivity index is 1.50. The summed E-state index contributed by atoms with van der Waals surface area (Å²) in [5.74, 6) is 0.142. The number of amidine groups is 2. The van der Waals surface area contributed by atoms with Crippen molar-refractivity contribution in [3.63, 3.8) is 0 Å². The number of nitrogens with zero attached hydrogens (tertiary/aromatic N) is 4. The van der Waals surface area contributed by atoms with Gasteiger partial charge in [-0.2, -0.15) is 15.1 Å². The zero-order valence-electron chi connectivity index (χ0n) is 17.9. The number of hydrazone groups is 1. The van der Waals surface area contributed by atoms with Crippen LogP contribution in [-0.4, -0.2) is 31.5 Å². The summed E-state index contributed by atoms with van der Waals surface area (Å²) >= 11 is 1.22. The Morgan fingerprint density at radius 3 is 2.66 bits per heavy atom. The first kappa shape index (κ1) is 20.3. The molecule has 1 N–H and O–H groups in total. The minimum absolute atomic E-state index is 0.00570. The number of amides is 1. The number of aliphatic imine (C=N–C) groups is 1. The number of hydrogen-bond acceptors (Lipinski definition) is 5. The zero-order chi connectivity index (χ0) is 22.4. The van der Waals surface area contributed by atoms with Gasteiger partial charge in [0, 0.05) is 17.1 Å². The van der Waals surface area contributed by atoms with Crippen molar-refractivity contribution in [3.05, 3.63) is 82.6 Å². The quantitative estimate of drug-likeness (QED) is 0.580. The van der Waals surface area contributed by atoms with Crippen molar-refractivity contribution >= 4 is 39.8 Å². The predicted octanol–water partition coefficient (Wildman–Crippen LogP) is 4.92. The Morgan fingerprint density at radius 2 is 1.97 bits per heavy atom. The molecule has 1 aromatic carbocycles. The number of rotatable bonds is 4. The first-order chi connectivity index (χ1) is 15.5. The Kier molecular flexibility index (Phi) is 4.94. The molecule has 0 unspecified atom stereocenters. The largest absolute Gasteiger partial charge is 0.462 e. The van der Waals surface area contributed by atoms with Crippen molar-refractivity contribution in [2.45, 2.75) is 27.2 Å². The molecule has 0 spiro atoms. The lowest BCUT2D eigenvalue weighted by Gasteiger charge is -2.20.